The summed E-state index contributed by atoms with van der Waals surface area (Å²) in [5, 5.41) is 1.44. The van der Waals surface area contributed by atoms with Crippen LogP contribution in [-0.2, 0) is 4.79 Å². The Morgan fingerprint density at radius 1 is 1.17 bits per heavy atom. The molecule has 2 aromatic carbocycles. The summed E-state index contributed by atoms with van der Waals surface area (Å²) >= 11 is 9.14. The van der Waals surface area contributed by atoms with Crippen molar-refractivity contribution in [1.82, 2.24) is 9.88 Å². The molecule has 0 bridgehead atoms. The van der Waals surface area contributed by atoms with Gasteiger partial charge >= 0.3 is 0 Å². The monoisotopic (exact) mass is 463 g/mol. The molecule has 5 nitrogen and oxygen atoms in total. The van der Waals surface area contributed by atoms with Gasteiger partial charge in [-0.3, -0.25) is 9.69 Å². The van der Waals surface area contributed by atoms with Crippen molar-refractivity contribution in [2.24, 2.45) is 0 Å². The van der Waals surface area contributed by atoms with E-state index in [-0.39, 0.29) is 5.91 Å². The minimum absolute atomic E-state index is 0.0778. The molecule has 0 saturated carbocycles. The zero-order valence-corrected chi connectivity index (χ0v) is 20.0. The highest BCUT2D eigenvalue weighted by Gasteiger charge is 2.21. The summed E-state index contributed by atoms with van der Waals surface area (Å²) < 4.78 is 6.53. The predicted molar refractivity (Wildman–Crippen MR) is 129 cm³/mol. The molecule has 8 heteroatoms. The molecule has 30 heavy (non-hydrogen) atoms. The normalized spacial score (nSPS) is 11.3. The quantitative estimate of drug-likeness (QED) is 0.400. The maximum Gasteiger partial charge on any atom is 0.229 e. The van der Waals surface area contributed by atoms with Gasteiger partial charge in [-0.15, -0.1) is 11.8 Å². The van der Waals surface area contributed by atoms with Crippen LogP contribution < -0.4 is 9.64 Å². The van der Waals surface area contributed by atoms with Crippen molar-refractivity contribution in [2.75, 3.05) is 44.9 Å². The Morgan fingerprint density at radius 3 is 2.57 bits per heavy atom. The number of likely N-dealkylation sites (N-methyl/N-ethyl adjacent to an activating group) is 1. The third-order valence-corrected chi connectivity index (χ3v) is 7.09. The molecule has 0 unspecified atom stereocenters. The maximum atomic E-state index is 13.1. The van der Waals surface area contributed by atoms with Crippen LogP contribution in [0.2, 0.25) is 5.02 Å². The van der Waals surface area contributed by atoms with Crippen molar-refractivity contribution in [2.45, 2.75) is 18.2 Å². The van der Waals surface area contributed by atoms with E-state index in [0.717, 1.165) is 38.1 Å². The largest absolute Gasteiger partial charge is 0.494 e. The molecule has 0 radical (unpaired) electrons. The van der Waals surface area contributed by atoms with Crippen LogP contribution in [0, 0.1) is 6.92 Å². The number of aryl methyl sites for hydroxylation is 1. The molecule has 0 aliphatic carbocycles. The first-order chi connectivity index (χ1) is 14.4. The first-order valence-electron chi connectivity index (χ1n) is 9.66. The molecule has 0 aliphatic heterocycles. The third-order valence-electron chi connectivity index (χ3n) is 4.61. The van der Waals surface area contributed by atoms with Crippen LogP contribution in [-0.4, -0.2) is 55.8 Å². The van der Waals surface area contributed by atoms with E-state index >= 15 is 0 Å². The van der Waals surface area contributed by atoms with Gasteiger partial charge in [0.1, 0.15) is 11.3 Å². The van der Waals surface area contributed by atoms with E-state index in [1.54, 1.807) is 30.2 Å². The van der Waals surface area contributed by atoms with E-state index in [9.17, 15) is 4.79 Å². The number of rotatable bonds is 9. The first kappa shape index (κ1) is 22.9. The summed E-state index contributed by atoms with van der Waals surface area (Å²) in [6, 6.07) is 11.6. The number of anilines is 1. The number of hydrogen-bond donors (Lipinski definition) is 0. The zero-order chi connectivity index (χ0) is 21.7. The van der Waals surface area contributed by atoms with Crippen LogP contribution in [0.25, 0.3) is 10.2 Å². The molecule has 1 heterocycles. The van der Waals surface area contributed by atoms with Gasteiger partial charge in [0.25, 0.3) is 0 Å². The van der Waals surface area contributed by atoms with Crippen LogP contribution in [0.15, 0.2) is 41.3 Å². The van der Waals surface area contributed by atoms with E-state index in [4.69, 9.17) is 21.3 Å². The number of benzene rings is 2. The molecule has 3 rings (SSSR count). The SMILES string of the molecule is COc1ccc(C)c2sc(N(CCN(C)C)C(=O)CCSc3ccc(Cl)cc3)nc12. The van der Waals surface area contributed by atoms with Gasteiger partial charge in [-0.1, -0.05) is 29.0 Å². The summed E-state index contributed by atoms with van der Waals surface area (Å²) in [5.74, 6) is 1.51. The Labute approximate surface area is 191 Å². The molecule has 0 spiro atoms. The second-order valence-corrected chi connectivity index (χ2v) is 9.74. The fourth-order valence-electron chi connectivity index (χ4n) is 2.93. The van der Waals surface area contributed by atoms with Gasteiger partial charge in [-0.25, -0.2) is 4.98 Å². The van der Waals surface area contributed by atoms with E-state index in [2.05, 4.69) is 11.8 Å². The van der Waals surface area contributed by atoms with Crippen molar-refractivity contribution in [1.29, 1.82) is 0 Å². The predicted octanol–water partition coefficient (Wildman–Crippen LogP) is 5.34. The summed E-state index contributed by atoms with van der Waals surface area (Å²) in [7, 11) is 5.65. The number of carbonyl (C=O) groups is 1. The third kappa shape index (κ3) is 5.66. The number of amides is 1. The van der Waals surface area contributed by atoms with Crippen molar-refractivity contribution in [3.63, 3.8) is 0 Å². The summed E-state index contributed by atoms with van der Waals surface area (Å²) in [5.41, 5.74) is 1.95. The lowest BCUT2D eigenvalue weighted by atomic mass is 10.2. The van der Waals surface area contributed by atoms with Crippen LogP contribution in [0.1, 0.15) is 12.0 Å². The number of fused-ring (bicyclic) bond motifs is 1. The number of carbonyl (C=O) groups excluding carboxylic acids is 1. The molecule has 1 aromatic heterocycles. The number of methoxy groups -OCH3 is 1. The topological polar surface area (TPSA) is 45.7 Å². The van der Waals surface area contributed by atoms with Gasteiger partial charge in [0.05, 0.1) is 11.8 Å². The van der Waals surface area contributed by atoms with Gasteiger partial charge in [0.15, 0.2) is 5.13 Å². The minimum Gasteiger partial charge on any atom is -0.494 e. The van der Waals surface area contributed by atoms with Gasteiger partial charge in [-0.2, -0.15) is 0 Å². The zero-order valence-electron chi connectivity index (χ0n) is 17.6. The van der Waals surface area contributed by atoms with E-state index in [1.807, 2.05) is 55.4 Å². The number of halogens is 1. The Hall–Kier alpha value is -1.80. The van der Waals surface area contributed by atoms with Gasteiger partial charge < -0.3 is 9.64 Å². The highest BCUT2D eigenvalue weighted by atomic mass is 35.5. The van der Waals surface area contributed by atoms with Crippen LogP contribution in [0.4, 0.5) is 5.13 Å². The molecule has 1 amide bonds. The number of hydrogen-bond acceptors (Lipinski definition) is 6. The Bertz CT molecular complexity index is 1010. The van der Waals surface area contributed by atoms with Gasteiger partial charge in [-0.05, 0) is 56.9 Å². The van der Waals surface area contributed by atoms with Gasteiger partial charge in [0, 0.05) is 35.2 Å². The fourth-order valence-corrected chi connectivity index (χ4v) is 4.99. The van der Waals surface area contributed by atoms with Crippen molar-refractivity contribution in [3.8, 4) is 5.75 Å². The Balaban J connectivity index is 1.78. The van der Waals surface area contributed by atoms with Gasteiger partial charge in [0.2, 0.25) is 5.91 Å². The Kier molecular flexibility index (Phi) is 7.99. The van der Waals surface area contributed by atoms with E-state index in [1.165, 1.54) is 0 Å². The lowest BCUT2D eigenvalue weighted by Crippen LogP contribution is -2.36. The second kappa shape index (κ2) is 10.5. The van der Waals surface area contributed by atoms with Crippen LogP contribution >= 0.6 is 34.7 Å². The molecular weight excluding hydrogens is 438 g/mol. The highest BCUT2D eigenvalue weighted by molar-refractivity contribution is 7.99. The summed E-state index contributed by atoms with van der Waals surface area (Å²) in [6.07, 6.45) is 0.437. The molecule has 160 valence electrons. The summed E-state index contributed by atoms with van der Waals surface area (Å²) in [6.45, 7) is 3.42. The Morgan fingerprint density at radius 2 is 1.90 bits per heavy atom. The lowest BCUT2D eigenvalue weighted by Gasteiger charge is -2.22. The number of thiazole rings is 1. The molecule has 0 N–H and O–H groups in total. The average molecular weight is 464 g/mol. The molecule has 0 atom stereocenters. The first-order valence-corrected chi connectivity index (χ1v) is 11.8. The number of nitrogens with zero attached hydrogens (tertiary/aromatic N) is 3. The van der Waals surface area contributed by atoms with Crippen LogP contribution in [0.5, 0.6) is 5.75 Å². The summed E-state index contributed by atoms with van der Waals surface area (Å²) in [4.78, 5) is 22.9. The van der Waals surface area contributed by atoms with E-state index < -0.39 is 0 Å². The molecule has 0 aliphatic rings. The number of thioether (sulfide) groups is 1. The van der Waals surface area contributed by atoms with Crippen LogP contribution in [0.3, 0.4) is 0 Å². The fraction of sp³-hybridized carbons (Fsp3) is 0.364. The second-order valence-electron chi connectivity index (χ2n) is 7.16. The minimum atomic E-state index is 0.0778. The maximum absolute atomic E-state index is 13.1. The standard InChI is InChI=1S/C22H26ClN3O2S2/c1-15-5-10-18(28-4)20-21(15)30-22(24-20)26(13-12-25(2)3)19(27)11-14-29-17-8-6-16(23)7-9-17/h5-10H,11-14H2,1-4H3. The molecule has 0 saturated heterocycles. The van der Waals surface area contributed by atoms with Crippen molar-refractivity contribution in [3.05, 3.63) is 47.0 Å². The van der Waals surface area contributed by atoms with Crippen molar-refractivity contribution < 1.29 is 9.53 Å². The smallest absolute Gasteiger partial charge is 0.229 e. The number of ether oxygens (including phenoxy) is 1. The highest BCUT2D eigenvalue weighted by Crippen LogP contribution is 2.36. The molecular formula is C22H26ClN3O2S2. The molecule has 0 fully saturated rings. The molecule has 3 aromatic rings. The lowest BCUT2D eigenvalue weighted by molar-refractivity contribution is -0.118. The number of aromatic nitrogens is 1. The van der Waals surface area contributed by atoms with E-state index in [0.29, 0.717) is 23.7 Å². The average Bonchev–Trinajstić information content (AvgIpc) is 3.16. The van der Waals surface area contributed by atoms with Crippen molar-refractivity contribution >= 4 is 56.0 Å².